The highest BCUT2D eigenvalue weighted by Crippen LogP contribution is 2.28. The maximum absolute atomic E-state index is 5.23. The summed E-state index contributed by atoms with van der Waals surface area (Å²) >= 11 is 0. The van der Waals surface area contributed by atoms with Crippen LogP contribution < -0.4 is 0 Å². The highest BCUT2D eigenvalue weighted by Gasteiger charge is 2.29. The zero-order valence-corrected chi connectivity index (χ0v) is 8.67. The molecule has 1 aliphatic carbocycles. The van der Waals surface area contributed by atoms with Crippen LogP contribution in [0, 0.1) is 5.92 Å². The number of likely N-dealkylation sites (tertiary alicyclic amines) is 1. The van der Waals surface area contributed by atoms with Crippen LogP contribution in [0.1, 0.15) is 32.1 Å². The molecule has 2 aliphatic rings. The van der Waals surface area contributed by atoms with Gasteiger partial charge >= 0.3 is 0 Å². The Morgan fingerprint density at radius 2 is 2.08 bits per heavy atom. The normalized spacial score (nSPS) is 31.6. The van der Waals surface area contributed by atoms with Gasteiger partial charge < -0.3 is 9.64 Å². The Hall–Kier alpha value is -0.0800. The highest BCUT2D eigenvalue weighted by molar-refractivity contribution is 4.84. The lowest BCUT2D eigenvalue weighted by atomic mass is 9.88. The Bertz CT molecular complexity index is 154. The molecule has 0 aromatic rings. The fourth-order valence-electron chi connectivity index (χ4n) is 2.55. The van der Waals surface area contributed by atoms with E-state index in [9.17, 15) is 0 Å². The monoisotopic (exact) mass is 183 g/mol. The van der Waals surface area contributed by atoms with Gasteiger partial charge in [-0.3, -0.25) is 0 Å². The van der Waals surface area contributed by atoms with Gasteiger partial charge in [-0.2, -0.15) is 0 Å². The van der Waals surface area contributed by atoms with Crippen LogP contribution in [-0.2, 0) is 4.74 Å². The maximum atomic E-state index is 5.23. The molecule has 2 rings (SSSR count). The van der Waals surface area contributed by atoms with E-state index in [4.69, 9.17) is 4.74 Å². The SMILES string of the molecule is COCC1CCCN(C2CCC2)C1. The average Bonchev–Trinajstić information content (AvgIpc) is 2.02. The minimum Gasteiger partial charge on any atom is -0.384 e. The predicted octanol–water partition coefficient (Wildman–Crippen LogP) is 1.90. The van der Waals surface area contributed by atoms with Crippen LogP contribution in [0.5, 0.6) is 0 Å². The number of ether oxygens (including phenoxy) is 1. The molecule has 1 unspecified atom stereocenters. The second-order valence-corrected chi connectivity index (χ2v) is 4.54. The summed E-state index contributed by atoms with van der Waals surface area (Å²) in [6, 6.07) is 0.930. The molecule has 0 amide bonds. The van der Waals surface area contributed by atoms with E-state index in [0.717, 1.165) is 18.6 Å². The van der Waals surface area contributed by atoms with E-state index in [2.05, 4.69) is 4.90 Å². The molecule has 0 aromatic heterocycles. The molecular formula is C11H21NO. The van der Waals surface area contributed by atoms with Crippen LogP contribution in [0.3, 0.4) is 0 Å². The largest absolute Gasteiger partial charge is 0.384 e. The van der Waals surface area contributed by atoms with Crippen molar-refractivity contribution in [3.8, 4) is 0 Å². The lowest BCUT2D eigenvalue weighted by Gasteiger charge is -2.42. The van der Waals surface area contributed by atoms with Gasteiger partial charge in [-0.1, -0.05) is 6.42 Å². The summed E-state index contributed by atoms with van der Waals surface area (Å²) < 4.78 is 5.23. The Morgan fingerprint density at radius 3 is 2.69 bits per heavy atom. The first-order valence-electron chi connectivity index (χ1n) is 5.63. The molecule has 0 spiro atoms. The van der Waals surface area contributed by atoms with Gasteiger partial charge in [-0.15, -0.1) is 0 Å². The molecule has 0 N–H and O–H groups in total. The first-order valence-corrected chi connectivity index (χ1v) is 5.63. The van der Waals surface area contributed by atoms with Crippen molar-refractivity contribution < 1.29 is 4.74 Å². The molecular weight excluding hydrogens is 162 g/mol. The summed E-state index contributed by atoms with van der Waals surface area (Å²) in [5.41, 5.74) is 0. The third kappa shape index (κ3) is 2.23. The van der Waals surface area contributed by atoms with E-state index in [0.29, 0.717) is 0 Å². The number of hydrogen-bond donors (Lipinski definition) is 0. The average molecular weight is 183 g/mol. The number of methoxy groups -OCH3 is 1. The van der Waals surface area contributed by atoms with Crippen molar-refractivity contribution in [3.63, 3.8) is 0 Å². The molecule has 13 heavy (non-hydrogen) atoms. The van der Waals surface area contributed by atoms with Gasteiger partial charge in [0.25, 0.3) is 0 Å². The lowest BCUT2D eigenvalue weighted by Crippen LogP contribution is -2.46. The number of hydrogen-bond acceptors (Lipinski definition) is 2. The van der Waals surface area contributed by atoms with Crippen molar-refractivity contribution in [2.45, 2.75) is 38.1 Å². The van der Waals surface area contributed by atoms with Gasteiger partial charge in [0.15, 0.2) is 0 Å². The quantitative estimate of drug-likeness (QED) is 0.662. The zero-order chi connectivity index (χ0) is 9.10. The molecule has 0 radical (unpaired) electrons. The molecule has 1 heterocycles. The summed E-state index contributed by atoms with van der Waals surface area (Å²) in [6.45, 7) is 3.59. The Kier molecular flexibility index (Phi) is 3.23. The van der Waals surface area contributed by atoms with E-state index >= 15 is 0 Å². The molecule has 2 fully saturated rings. The van der Waals surface area contributed by atoms with Crippen molar-refractivity contribution in [1.29, 1.82) is 0 Å². The van der Waals surface area contributed by atoms with Crippen molar-refractivity contribution in [1.82, 2.24) is 4.90 Å². The van der Waals surface area contributed by atoms with Crippen LogP contribution >= 0.6 is 0 Å². The second-order valence-electron chi connectivity index (χ2n) is 4.54. The molecule has 1 saturated heterocycles. The zero-order valence-electron chi connectivity index (χ0n) is 8.67. The van der Waals surface area contributed by atoms with Crippen molar-refractivity contribution in [2.24, 2.45) is 5.92 Å². The van der Waals surface area contributed by atoms with E-state index in [1.54, 1.807) is 0 Å². The third-order valence-electron chi connectivity index (χ3n) is 3.54. The molecule has 76 valence electrons. The van der Waals surface area contributed by atoms with E-state index < -0.39 is 0 Å². The fraction of sp³-hybridized carbons (Fsp3) is 1.00. The van der Waals surface area contributed by atoms with Gasteiger partial charge in [0, 0.05) is 19.7 Å². The van der Waals surface area contributed by atoms with Crippen molar-refractivity contribution in [2.75, 3.05) is 26.8 Å². The first-order chi connectivity index (χ1) is 6.40. The molecule has 2 nitrogen and oxygen atoms in total. The minimum absolute atomic E-state index is 0.805. The van der Waals surface area contributed by atoms with Gasteiger partial charge in [0.05, 0.1) is 6.61 Å². The van der Waals surface area contributed by atoms with E-state index in [1.807, 2.05) is 7.11 Å². The van der Waals surface area contributed by atoms with Crippen LogP contribution in [0.15, 0.2) is 0 Å². The number of piperidine rings is 1. The molecule has 0 aromatic carbocycles. The van der Waals surface area contributed by atoms with Crippen molar-refractivity contribution in [3.05, 3.63) is 0 Å². The van der Waals surface area contributed by atoms with E-state index in [-0.39, 0.29) is 0 Å². The van der Waals surface area contributed by atoms with Gasteiger partial charge in [-0.25, -0.2) is 0 Å². The molecule has 2 heteroatoms. The van der Waals surface area contributed by atoms with Crippen LogP contribution in [0.2, 0.25) is 0 Å². The Labute approximate surface area is 81.3 Å². The Morgan fingerprint density at radius 1 is 1.23 bits per heavy atom. The minimum atomic E-state index is 0.805. The smallest absolute Gasteiger partial charge is 0.0502 e. The number of nitrogens with zero attached hydrogens (tertiary/aromatic N) is 1. The fourth-order valence-corrected chi connectivity index (χ4v) is 2.55. The summed E-state index contributed by atoms with van der Waals surface area (Å²) in [4.78, 5) is 2.69. The molecule has 1 saturated carbocycles. The van der Waals surface area contributed by atoms with Gasteiger partial charge in [0.1, 0.15) is 0 Å². The number of rotatable bonds is 3. The summed E-state index contributed by atoms with van der Waals surface area (Å²) in [5, 5.41) is 0. The summed E-state index contributed by atoms with van der Waals surface area (Å²) in [7, 11) is 1.82. The molecule has 1 atom stereocenters. The maximum Gasteiger partial charge on any atom is 0.0502 e. The predicted molar refractivity (Wildman–Crippen MR) is 53.8 cm³/mol. The van der Waals surface area contributed by atoms with Crippen molar-refractivity contribution >= 4 is 0 Å². The topological polar surface area (TPSA) is 12.5 Å². The van der Waals surface area contributed by atoms with Crippen LogP contribution in [-0.4, -0.2) is 37.7 Å². The van der Waals surface area contributed by atoms with Gasteiger partial charge in [0.2, 0.25) is 0 Å². The summed E-state index contributed by atoms with van der Waals surface area (Å²) in [5.74, 6) is 0.805. The highest BCUT2D eigenvalue weighted by atomic mass is 16.5. The third-order valence-corrected chi connectivity index (χ3v) is 3.54. The van der Waals surface area contributed by atoms with Gasteiger partial charge in [-0.05, 0) is 38.1 Å². The summed E-state index contributed by atoms with van der Waals surface area (Å²) in [6.07, 6.45) is 7.09. The molecule has 0 bridgehead atoms. The van der Waals surface area contributed by atoms with E-state index in [1.165, 1.54) is 45.2 Å². The second kappa shape index (κ2) is 4.43. The van der Waals surface area contributed by atoms with Crippen LogP contribution in [0.4, 0.5) is 0 Å². The standard InChI is InChI=1S/C11H21NO/c1-13-9-10-4-3-7-12(8-10)11-5-2-6-11/h10-11H,2-9H2,1H3. The first kappa shape index (κ1) is 9.47. The Balaban J connectivity index is 1.77. The lowest BCUT2D eigenvalue weighted by molar-refractivity contribution is 0.0439. The van der Waals surface area contributed by atoms with Crippen LogP contribution in [0.25, 0.3) is 0 Å². The molecule has 1 aliphatic heterocycles.